The molecule has 82 valence electrons. The maximum absolute atomic E-state index is 9.25. The number of aliphatic carboxylic acids is 1. The van der Waals surface area contributed by atoms with E-state index in [9.17, 15) is 4.79 Å². The van der Waals surface area contributed by atoms with Crippen LogP contribution in [0, 0.1) is 0 Å². The zero-order valence-corrected chi connectivity index (χ0v) is 9.45. The third-order valence-corrected chi connectivity index (χ3v) is 2.25. The first kappa shape index (κ1) is 13.7. The van der Waals surface area contributed by atoms with Gasteiger partial charge in [-0.15, -0.1) is 11.6 Å². The van der Waals surface area contributed by atoms with Gasteiger partial charge in [-0.05, 0) is 12.0 Å². The van der Waals surface area contributed by atoms with Crippen LogP contribution in [-0.2, 0) is 4.79 Å². The molecule has 0 fully saturated rings. The predicted molar refractivity (Wildman–Crippen MR) is 63.2 cm³/mol. The minimum absolute atomic E-state index is 0.182. The molecule has 1 N–H and O–H groups in total. The molecule has 0 bridgehead atoms. The minimum atomic E-state index is -0.981. The average Bonchev–Trinajstić information content (AvgIpc) is 2.30. The molecular weight excluding hydrogens is 212 g/mol. The van der Waals surface area contributed by atoms with Gasteiger partial charge in [0.15, 0.2) is 0 Å². The number of carboxylic acids is 1. The highest BCUT2D eigenvalue weighted by Gasteiger charge is 2.01. The SMILES string of the molecule is C=CC(=O)O.CCC(Cl)c1ccccc1. The van der Waals surface area contributed by atoms with Gasteiger partial charge in [-0.25, -0.2) is 4.79 Å². The fourth-order valence-corrected chi connectivity index (χ4v) is 1.04. The number of hydrogen-bond donors (Lipinski definition) is 1. The molecule has 1 aromatic carbocycles. The van der Waals surface area contributed by atoms with Crippen molar-refractivity contribution in [2.24, 2.45) is 0 Å². The molecule has 0 spiro atoms. The van der Waals surface area contributed by atoms with Crippen LogP contribution in [0.5, 0.6) is 0 Å². The number of hydrogen-bond acceptors (Lipinski definition) is 1. The highest BCUT2D eigenvalue weighted by Crippen LogP contribution is 2.22. The lowest BCUT2D eigenvalue weighted by molar-refractivity contribution is -0.131. The van der Waals surface area contributed by atoms with Gasteiger partial charge < -0.3 is 5.11 Å². The first-order chi connectivity index (χ1) is 7.11. The second kappa shape index (κ2) is 8.06. The van der Waals surface area contributed by atoms with Crippen molar-refractivity contribution in [2.75, 3.05) is 0 Å². The van der Waals surface area contributed by atoms with Crippen molar-refractivity contribution < 1.29 is 9.90 Å². The van der Waals surface area contributed by atoms with Gasteiger partial charge in [-0.3, -0.25) is 0 Å². The van der Waals surface area contributed by atoms with Crippen molar-refractivity contribution >= 4 is 17.6 Å². The molecule has 0 radical (unpaired) electrons. The van der Waals surface area contributed by atoms with Gasteiger partial charge in [0.25, 0.3) is 0 Å². The first-order valence-corrected chi connectivity index (χ1v) is 5.09. The molecule has 1 unspecified atom stereocenters. The summed E-state index contributed by atoms with van der Waals surface area (Å²) in [7, 11) is 0. The van der Waals surface area contributed by atoms with Gasteiger partial charge in [-0.1, -0.05) is 43.8 Å². The predicted octanol–water partition coefficient (Wildman–Crippen LogP) is 3.63. The van der Waals surface area contributed by atoms with E-state index < -0.39 is 5.97 Å². The van der Waals surface area contributed by atoms with Gasteiger partial charge in [-0.2, -0.15) is 0 Å². The Labute approximate surface area is 95.2 Å². The summed E-state index contributed by atoms with van der Waals surface area (Å²) in [6, 6.07) is 10.1. The van der Waals surface area contributed by atoms with Crippen LogP contribution in [0.15, 0.2) is 43.0 Å². The smallest absolute Gasteiger partial charge is 0.327 e. The molecule has 1 aromatic rings. The number of benzene rings is 1. The molecule has 15 heavy (non-hydrogen) atoms. The molecule has 2 nitrogen and oxygen atoms in total. The van der Waals surface area contributed by atoms with E-state index in [1.54, 1.807) is 0 Å². The Hall–Kier alpha value is -1.28. The number of halogens is 1. The van der Waals surface area contributed by atoms with E-state index in [1.165, 1.54) is 5.56 Å². The Morgan fingerprint density at radius 3 is 2.33 bits per heavy atom. The van der Waals surface area contributed by atoms with Crippen LogP contribution in [-0.4, -0.2) is 11.1 Å². The van der Waals surface area contributed by atoms with Crippen LogP contribution >= 0.6 is 11.6 Å². The Balaban J connectivity index is 0.000000336. The number of rotatable bonds is 3. The number of carbonyl (C=O) groups is 1. The molecule has 0 aromatic heterocycles. The Bertz CT molecular complexity index is 296. The second-order valence-corrected chi connectivity index (χ2v) is 3.36. The van der Waals surface area contributed by atoms with Crippen LogP contribution in [0.4, 0.5) is 0 Å². The van der Waals surface area contributed by atoms with Gasteiger partial charge >= 0.3 is 5.97 Å². The third kappa shape index (κ3) is 6.75. The summed E-state index contributed by atoms with van der Waals surface area (Å²) in [5.41, 5.74) is 1.21. The number of carboxylic acid groups (broad SMARTS) is 1. The topological polar surface area (TPSA) is 37.3 Å². The molecule has 3 heteroatoms. The van der Waals surface area contributed by atoms with Crippen molar-refractivity contribution in [3.8, 4) is 0 Å². The van der Waals surface area contributed by atoms with Crippen molar-refractivity contribution in [2.45, 2.75) is 18.7 Å². The maximum atomic E-state index is 9.25. The summed E-state index contributed by atoms with van der Waals surface area (Å²) < 4.78 is 0. The first-order valence-electron chi connectivity index (χ1n) is 4.66. The molecule has 0 aliphatic rings. The molecule has 0 amide bonds. The summed E-state index contributed by atoms with van der Waals surface area (Å²) in [5.74, 6) is -0.981. The summed E-state index contributed by atoms with van der Waals surface area (Å²) >= 11 is 5.99. The minimum Gasteiger partial charge on any atom is -0.478 e. The zero-order valence-electron chi connectivity index (χ0n) is 8.69. The van der Waals surface area contributed by atoms with Gasteiger partial charge in [0.2, 0.25) is 0 Å². The standard InChI is InChI=1S/C9H11Cl.C3H4O2/c1-2-9(10)8-6-4-3-5-7-8;1-2-3(4)5/h3-7,9H,2H2,1H3;2H,1H2,(H,4,5). The van der Waals surface area contributed by atoms with E-state index in [0.717, 1.165) is 12.5 Å². The lowest BCUT2D eigenvalue weighted by atomic mass is 10.1. The summed E-state index contributed by atoms with van der Waals surface area (Å²) in [6.07, 6.45) is 1.82. The average molecular weight is 227 g/mol. The Morgan fingerprint density at radius 2 is 2.00 bits per heavy atom. The van der Waals surface area contributed by atoms with E-state index in [2.05, 4.69) is 25.6 Å². The van der Waals surface area contributed by atoms with Crippen LogP contribution < -0.4 is 0 Å². The fourth-order valence-electron chi connectivity index (χ4n) is 0.898. The summed E-state index contributed by atoms with van der Waals surface area (Å²) in [5, 5.41) is 7.79. The quantitative estimate of drug-likeness (QED) is 0.631. The molecule has 0 heterocycles. The molecule has 0 saturated carbocycles. The van der Waals surface area contributed by atoms with Crippen LogP contribution in [0.1, 0.15) is 24.3 Å². The highest BCUT2D eigenvalue weighted by atomic mass is 35.5. The lowest BCUT2D eigenvalue weighted by Crippen LogP contribution is -1.85. The molecular formula is C12H15ClO2. The second-order valence-electron chi connectivity index (χ2n) is 2.83. The summed E-state index contributed by atoms with van der Waals surface area (Å²) in [6.45, 7) is 5.05. The fraction of sp³-hybridized carbons (Fsp3) is 0.250. The van der Waals surface area contributed by atoms with E-state index >= 15 is 0 Å². The molecule has 1 atom stereocenters. The van der Waals surface area contributed by atoms with Crippen molar-refractivity contribution in [1.82, 2.24) is 0 Å². The zero-order chi connectivity index (χ0) is 11.7. The molecule has 0 aliphatic carbocycles. The summed E-state index contributed by atoms with van der Waals surface area (Å²) in [4.78, 5) is 9.25. The van der Waals surface area contributed by atoms with Gasteiger partial charge in [0.05, 0.1) is 5.38 Å². The van der Waals surface area contributed by atoms with E-state index in [4.69, 9.17) is 16.7 Å². The van der Waals surface area contributed by atoms with Crippen molar-refractivity contribution in [3.05, 3.63) is 48.6 Å². The normalized spacial score (nSPS) is 10.8. The van der Waals surface area contributed by atoms with Crippen molar-refractivity contribution in [3.63, 3.8) is 0 Å². The largest absolute Gasteiger partial charge is 0.478 e. The monoisotopic (exact) mass is 226 g/mol. The Morgan fingerprint density at radius 1 is 1.53 bits per heavy atom. The maximum Gasteiger partial charge on any atom is 0.327 e. The number of alkyl halides is 1. The molecule has 0 aliphatic heterocycles. The third-order valence-electron chi connectivity index (χ3n) is 1.69. The molecule has 0 saturated heterocycles. The van der Waals surface area contributed by atoms with E-state index in [0.29, 0.717) is 0 Å². The van der Waals surface area contributed by atoms with Gasteiger partial charge in [0, 0.05) is 6.08 Å². The highest BCUT2D eigenvalue weighted by molar-refractivity contribution is 6.20. The van der Waals surface area contributed by atoms with E-state index in [-0.39, 0.29) is 5.38 Å². The van der Waals surface area contributed by atoms with Crippen LogP contribution in [0.3, 0.4) is 0 Å². The lowest BCUT2D eigenvalue weighted by Gasteiger charge is -2.04. The molecule has 1 rings (SSSR count). The van der Waals surface area contributed by atoms with Crippen LogP contribution in [0.2, 0.25) is 0 Å². The Kier molecular flexibility index (Phi) is 7.38. The van der Waals surface area contributed by atoms with E-state index in [1.807, 2.05) is 18.2 Å². The van der Waals surface area contributed by atoms with Crippen molar-refractivity contribution in [1.29, 1.82) is 0 Å². The van der Waals surface area contributed by atoms with Crippen LogP contribution in [0.25, 0.3) is 0 Å². The van der Waals surface area contributed by atoms with Gasteiger partial charge in [0.1, 0.15) is 0 Å².